The molecule has 0 aliphatic rings. The van der Waals surface area contributed by atoms with Crippen LogP contribution >= 0.6 is 11.3 Å². The predicted molar refractivity (Wildman–Crippen MR) is 121 cm³/mol. The van der Waals surface area contributed by atoms with Crippen LogP contribution in [-0.4, -0.2) is 64.8 Å². The van der Waals surface area contributed by atoms with Crippen molar-refractivity contribution in [2.75, 3.05) is 45.5 Å². The van der Waals surface area contributed by atoms with Gasteiger partial charge < -0.3 is 9.64 Å². The van der Waals surface area contributed by atoms with Crippen molar-refractivity contribution in [3.63, 3.8) is 0 Å². The number of hydrogen-bond acceptors (Lipinski definition) is 7. The van der Waals surface area contributed by atoms with Gasteiger partial charge in [0.25, 0.3) is 5.91 Å². The molecule has 3 rings (SSSR count). The minimum absolute atomic E-state index is 0.183. The molecule has 2 aromatic carbocycles. The number of nitrogens with zero attached hydrogens (tertiary/aromatic N) is 3. The van der Waals surface area contributed by atoms with Gasteiger partial charge in [-0.3, -0.25) is 9.69 Å². The summed E-state index contributed by atoms with van der Waals surface area (Å²) in [4.78, 5) is 21.9. The van der Waals surface area contributed by atoms with E-state index in [2.05, 4.69) is 9.88 Å². The molecule has 1 heterocycles. The largest absolute Gasteiger partial charge is 0.494 e. The maximum Gasteiger partial charge on any atom is 0.260 e. The summed E-state index contributed by atoms with van der Waals surface area (Å²) in [6.45, 7) is 1.32. The Morgan fingerprint density at radius 2 is 1.80 bits per heavy atom. The summed E-state index contributed by atoms with van der Waals surface area (Å²) in [5, 5.41) is 0.588. The van der Waals surface area contributed by atoms with Crippen LogP contribution in [0.2, 0.25) is 0 Å². The lowest BCUT2D eigenvalue weighted by Gasteiger charge is -2.21. The molecular weight excluding hydrogens is 422 g/mol. The highest BCUT2D eigenvalue weighted by atomic mass is 32.2. The van der Waals surface area contributed by atoms with E-state index in [1.807, 2.05) is 32.3 Å². The first kappa shape index (κ1) is 22.2. The highest BCUT2D eigenvalue weighted by Crippen LogP contribution is 2.34. The summed E-state index contributed by atoms with van der Waals surface area (Å²) < 4.78 is 29.8. The fourth-order valence-corrected chi connectivity index (χ4v) is 4.66. The zero-order valence-electron chi connectivity index (χ0n) is 17.5. The van der Waals surface area contributed by atoms with Crippen LogP contribution in [0.25, 0.3) is 10.2 Å². The number of anilines is 1. The van der Waals surface area contributed by atoms with Crippen LogP contribution < -0.4 is 9.64 Å². The Hall–Kier alpha value is -2.49. The van der Waals surface area contributed by atoms with E-state index in [4.69, 9.17) is 4.74 Å². The van der Waals surface area contributed by atoms with E-state index in [1.165, 1.54) is 23.5 Å². The molecule has 0 N–H and O–H groups in total. The fourth-order valence-electron chi connectivity index (χ4n) is 3.02. The Morgan fingerprint density at radius 1 is 1.10 bits per heavy atom. The molecule has 0 spiro atoms. The van der Waals surface area contributed by atoms with Crippen molar-refractivity contribution in [1.82, 2.24) is 9.88 Å². The fraction of sp³-hybridized carbons (Fsp3) is 0.333. The number of thiazole rings is 1. The maximum absolute atomic E-state index is 13.3. The minimum Gasteiger partial charge on any atom is -0.494 e. The standard InChI is InChI=1S/C21H25N3O4S2/c1-23(2)13-6-14-24(20(25)15-9-11-16(12-10-15)30(4,26)27)21-22-19-17(28-3)7-5-8-18(19)29-21/h5,7-12H,6,13-14H2,1-4H3. The highest BCUT2D eigenvalue weighted by Gasteiger charge is 2.22. The van der Waals surface area contributed by atoms with Crippen LogP contribution in [-0.2, 0) is 9.84 Å². The molecule has 7 nitrogen and oxygen atoms in total. The van der Waals surface area contributed by atoms with E-state index in [9.17, 15) is 13.2 Å². The third-order valence-corrected chi connectivity index (χ3v) is 6.76. The molecule has 0 fully saturated rings. The molecule has 0 unspecified atom stereocenters. The number of fused-ring (bicyclic) bond motifs is 1. The van der Waals surface area contributed by atoms with Crippen molar-refractivity contribution in [1.29, 1.82) is 0 Å². The van der Waals surface area contributed by atoms with Crippen LogP contribution in [0.4, 0.5) is 5.13 Å². The first-order valence-electron chi connectivity index (χ1n) is 9.41. The number of amides is 1. The summed E-state index contributed by atoms with van der Waals surface area (Å²) in [5.74, 6) is 0.444. The summed E-state index contributed by atoms with van der Waals surface area (Å²) >= 11 is 1.43. The van der Waals surface area contributed by atoms with Gasteiger partial charge in [0, 0.05) is 18.4 Å². The number of aromatic nitrogens is 1. The Bertz CT molecular complexity index is 1140. The third kappa shape index (κ3) is 4.97. The van der Waals surface area contributed by atoms with Crippen LogP contribution in [0.3, 0.4) is 0 Å². The molecule has 0 saturated carbocycles. The summed E-state index contributed by atoms with van der Waals surface area (Å²) in [6.07, 6.45) is 1.92. The van der Waals surface area contributed by atoms with Gasteiger partial charge in [-0.15, -0.1) is 0 Å². The van der Waals surface area contributed by atoms with Gasteiger partial charge in [-0.1, -0.05) is 17.4 Å². The number of para-hydroxylation sites is 1. The van der Waals surface area contributed by atoms with Crippen LogP contribution in [0.5, 0.6) is 5.75 Å². The molecule has 30 heavy (non-hydrogen) atoms. The lowest BCUT2D eigenvalue weighted by Crippen LogP contribution is -2.33. The van der Waals surface area contributed by atoms with Gasteiger partial charge in [-0.05, 0) is 63.5 Å². The Morgan fingerprint density at radius 3 is 2.40 bits per heavy atom. The quantitative estimate of drug-likeness (QED) is 0.527. The molecule has 3 aromatic rings. The van der Waals surface area contributed by atoms with Crippen LogP contribution in [0, 0.1) is 0 Å². The maximum atomic E-state index is 13.3. The Kier molecular flexibility index (Phi) is 6.74. The number of sulfone groups is 1. The predicted octanol–water partition coefficient (Wildman–Crippen LogP) is 3.31. The van der Waals surface area contributed by atoms with Gasteiger partial charge in [0.2, 0.25) is 0 Å². The number of hydrogen-bond donors (Lipinski definition) is 0. The molecule has 160 valence electrons. The number of carbonyl (C=O) groups excluding carboxylic acids is 1. The van der Waals surface area contributed by atoms with E-state index >= 15 is 0 Å². The van der Waals surface area contributed by atoms with Crippen molar-refractivity contribution < 1.29 is 17.9 Å². The monoisotopic (exact) mass is 447 g/mol. The van der Waals surface area contributed by atoms with Gasteiger partial charge in [0.1, 0.15) is 11.3 Å². The van der Waals surface area contributed by atoms with Crippen molar-refractivity contribution in [3.05, 3.63) is 48.0 Å². The lowest BCUT2D eigenvalue weighted by molar-refractivity contribution is 0.0986. The second kappa shape index (κ2) is 9.11. The molecular formula is C21H25N3O4S2. The van der Waals surface area contributed by atoms with E-state index in [0.717, 1.165) is 29.4 Å². The normalized spacial score (nSPS) is 11.8. The van der Waals surface area contributed by atoms with Crippen LogP contribution in [0.15, 0.2) is 47.4 Å². The first-order chi connectivity index (χ1) is 14.2. The molecule has 0 aliphatic carbocycles. The minimum atomic E-state index is -3.32. The van der Waals surface area contributed by atoms with Crippen molar-refractivity contribution in [3.8, 4) is 5.75 Å². The van der Waals surface area contributed by atoms with Gasteiger partial charge in [0.05, 0.1) is 16.7 Å². The molecule has 0 aliphatic heterocycles. The molecule has 0 atom stereocenters. The van der Waals surface area contributed by atoms with Crippen molar-refractivity contribution >= 4 is 42.4 Å². The average molecular weight is 448 g/mol. The van der Waals surface area contributed by atoms with E-state index in [1.54, 1.807) is 24.1 Å². The molecule has 1 aromatic heterocycles. The van der Waals surface area contributed by atoms with Gasteiger partial charge in [-0.2, -0.15) is 0 Å². The molecule has 0 saturated heterocycles. The SMILES string of the molecule is COc1cccc2sc(N(CCCN(C)C)C(=O)c3ccc(S(C)(=O)=O)cc3)nc12. The lowest BCUT2D eigenvalue weighted by atomic mass is 10.2. The Balaban J connectivity index is 1.97. The second-order valence-electron chi connectivity index (χ2n) is 7.21. The van der Waals surface area contributed by atoms with Gasteiger partial charge in [-0.25, -0.2) is 13.4 Å². The Labute approximate surface area is 180 Å². The van der Waals surface area contributed by atoms with Gasteiger partial charge in [0.15, 0.2) is 15.0 Å². The van der Waals surface area contributed by atoms with Crippen molar-refractivity contribution in [2.45, 2.75) is 11.3 Å². The highest BCUT2D eigenvalue weighted by molar-refractivity contribution is 7.90. The summed E-state index contributed by atoms with van der Waals surface area (Å²) in [7, 11) is 2.24. The zero-order valence-corrected chi connectivity index (χ0v) is 19.1. The zero-order chi connectivity index (χ0) is 21.9. The van der Waals surface area contributed by atoms with Crippen molar-refractivity contribution in [2.24, 2.45) is 0 Å². The average Bonchev–Trinajstić information content (AvgIpc) is 3.14. The molecule has 0 radical (unpaired) electrons. The van der Waals surface area contributed by atoms with E-state index in [0.29, 0.717) is 23.0 Å². The number of carbonyl (C=O) groups is 1. The smallest absolute Gasteiger partial charge is 0.260 e. The first-order valence-corrected chi connectivity index (χ1v) is 12.1. The number of rotatable bonds is 8. The van der Waals surface area contributed by atoms with Crippen LogP contribution in [0.1, 0.15) is 16.8 Å². The molecule has 9 heteroatoms. The number of benzene rings is 2. The van der Waals surface area contributed by atoms with E-state index in [-0.39, 0.29) is 10.8 Å². The second-order valence-corrected chi connectivity index (χ2v) is 10.2. The summed E-state index contributed by atoms with van der Waals surface area (Å²) in [6, 6.07) is 11.7. The van der Waals surface area contributed by atoms with Gasteiger partial charge >= 0.3 is 0 Å². The number of ether oxygens (including phenoxy) is 1. The van der Waals surface area contributed by atoms with E-state index < -0.39 is 9.84 Å². The number of methoxy groups -OCH3 is 1. The summed E-state index contributed by atoms with van der Waals surface area (Å²) in [5.41, 5.74) is 1.14. The third-order valence-electron chi connectivity index (χ3n) is 4.58. The molecule has 1 amide bonds. The topological polar surface area (TPSA) is 79.8 Å². The molecule has 0 bridgehead atoms.